The average molecular weight is 255 g/mol. The summed E-state index contributed by atoms with van der Waals surface area (Å²) >= 11 is 5.98. The Morgan fingerprint density at radius 1 is 1.35 bits per heavy atom. The highest BCUT2D eigenvalue weighted by Gasteiger charge is 2.11. The Bertz CT molecular complexity index is 389. The maximum atomic E-state index is 5.98. The van der Waals surface area contributed by atoms with E-state index in [-0.39, 0.29) is 0 Å². The van der Waals surface area contributed by atoms with Crippen molar-refractivity contribution < 1.29 is 4.74 Å². The molecule has 0 aliphatic carbocycles. The summed E-state index contributed by atoms with van der Waals surface area (Å²) in [7, 11) is 0. The van der Waals surface area contributed by atoms with Gasteiger partial charge in [-0.3, -0.25) is 4.90 Å². The number of benzene rings is 1. The minimum absolute atomic E-state index is 0.562. The molecule has 0 radical (unpaired) electrons. The molecule has 0 aromatic heterocycles. The zero-order valence-electron chi connectivity index (χ0n) is 10.2. The molecule has 1 aromatic rings. The van der Waals surface area contributed by atoms with E-state index in [1.165, 1.54) is 25.9 Å². The van der Waals surface area contributed by atoms with E-state index in [0.717, 1.165) is 17.9 Å². The predicted molar refractivity (Wildman–Crippen MR) is 71.8 cm³/mol. The van der Waals surface area contributed by atoms with Gasteiger partial charge in [0.1, 0.15) is 12.4 Å². The normalized spacial score (nSPS) is 16.4. The number of nitrogen functional groups attached to an aromatic ring is 1. The van der Waals surface area contributed by atoms with E-state index in [4.69, 9.17) is 22.1 Å². The molecule has 94 valence electrons. The fourth-order valence-electron chi connectivity index (χ4n) is 2.13. The first-order chi connectivity index (χ1) is 8.16. The maximum absolute atomic E-state index is 5.98. The third-order valence-electron chi connectivity index (χ3n) is 3.16. The SMILES string of the molecule is Cc1cc(N)c(Cl)cc1OCCN1CCCC1. The molecule has 0 unspecified atom stereocenters. The summed E-state index contributed by atoms with van der Waals surface area (Å²) in [6.07, 6.45) is 2.62. The maximum Gasteiger partial charge on any atom is 0.123 e. The Labute approximate surface area is 107 Å². The van der Waals surface area contributed by atoms with Crippen molar-refractivity contribution in [2.45, 2.75) is 19.8 Å². The molecule has 0 spiro atoms. The van der Waals surface area contributed by atoms with Crippen molar-refractivity contribution in [2.75, 3.05) is 32.0 Å². The lowest BCUT2D eigenvalue weighted by Crippen LogP contribution is -2.25. The van der Waals surface area contributed by atoms with Gasteiger partial charge in [0.25, 0.3) is 0 Å². The molecule has 2 rings (SSSR count). The Balaban J connectivity index is 1.87. The van der Waals surface area contributed by atoms with Crippen molar-refractivity contribution in [3.05, 3.63) is 22.7 Å². The van der Waals surface area contributed by atoms with Crippen LogP contribution in [0.5, 0.6) is 5.75 Å². The summed E-state index contributed by atoms with van der Waals surface area (Å²) in [6, 6.07) is 3.66. The minimum atomic E-state index is 0.562. The number of halogens is 1. The van der Waals surface area contributed by atoms with E-state index < -0.39 is 0 Å². The van der Waals surface area contributed by atoms with Crippen LogP contribution in [0.15, 0.2) is 12.1 Å². The van der Waals surface area contributed by atoms with Crippen LogP contribution in [0.4, 0.5) is 5.69 Å². The first-order valence-corrected chi connectivity index (χ1v) is 6.45. The monoisotopic (exact) mass is 254 g/mol. The van der Waals surface area contributed by atoms with Crippen LogP contribution in [0.2, 0.25) is 5.02 Å². The van der Waals surface area contributed by atoms with Gasteiger partial charge < -0.3 is 10.5 Å². The van der Waals surface area contributed by atoms with Gasteiger partial charge in [-0.05, 0) is 44.5 Å². The molecular weight excluding hydrogens is 236 g/mol. The molecule has 1 heterocycles. The lowest BCUT2D eigenvalue weighted by Gasteiger charge is -2.16. The number of nitrogens with two attached hydrogens (primary N) is 1. The molecule has 0 saturated carbocycles. The fourth-order valence-corrected chi connectivity index (χ4v) is 2.29. The van der Waals surface area contributed by atoms with Crippen LogP contribution in [-0.4, -0.2) is 31.1 Å². The van der Waals surface area contributed by atoms with Crippen molar-refractivity contribution in [3.8, 4) is 5.75 Å². The van der Waals surface area contributed by atoms with E-state index in [0.29, 0.717) is 17.3 Å². The van der Waals surface area contributed by atoms with Gasteiger partial charge in [-0.15, -0.1) is 0 Å². The van der Waals surface area contributed by atoms with Gasteiger partial charge in [0.15, 0.2) is 0 Å². The van der Waals surface area contributed by atoms with Gasteiger partial charge in [0, 0.05) is 12.6 Å². The molecular formula is C13H19ClN2O. The number of aryl methyl sites for hydroxylation is 1. The van der Waals surface area contributed by atoms with Gasteiger partial charge in [0.2, 0.25) is 0 Å². The molecule has 2 N–H and O–H groups in total. The van der Waals surface area contributed by atoms with Gasteiger partial charge in [-0.1, -0.05) is 11.6 Å². The Morgan fingerprint density at radius 2 is 2.06 bits per heavy atom. The highest BCUT2D eigenvalue weighted by molar-refractivity contribution is 6.33. The first-order valence-electron chi connectivity index (χ1n) is 6.07. The lowest BCUT2D eigenvalue weighted by atomic mass is 10.2. The van der Waals surface area contributed by atoms with E-state index in [9.17, 15) is 0 Å². The van der Waals surface area contributed by atoms with Crippen LogP contribution in [-0.2, 0) is 0 Å². The van der Waals surface area contributed by atoms with Crippen molar-refractivity contribution >= 4 is 17.3 Å². The zero-order chi connectivity index (χ0) is 12.3. The van der Waals surface area contributed by atoms with Gasteiger partial charge in [-0.25, -0.2) is 0 Å². The summed E-state index contributed by atoms with van der Waals surface area (Å²) in [5.41, 5.74) is 7.36. The predicted octanol–water partition coefficient (Wildman–Crippen LogP) is 2.71. The summed E-state index contributed by atoms with van der Waals surface area (Å²) < 4.78 is 5.75. The van der Waals surface area contributed by atoms with Gasteiger partial charge >= 0.3 is 0 Å². The number of anilines is 1. The molecule has 0 amide bonds. The largest absolute Gasteiger partial charge is 0.492 e. The third-order valence-corrected chi connectivity index (χ3v) is 3.49. The second-order valence-corrected chi connectivity index (χ2v) is 4.94. The number of hydrogen-bond donors (Lipinski definition) is 1. The van der Waals surface area contributed by atoms with Crippen LogP contribution < -0.4 is 10.5 Å². The molecule has 3 nitrogen and oxygen atoms in total. The Morgan fingerprint density at radius 3 is 2.76 bits per heavy atom. The molecule has 1 aliphatic rings. The van der Waals surface area contributed by atoms with E-state index in [1.54, 1.807) is 6.07 Å². The van der Waals surface area contributed by atoms with Crippen LogP contribution in [0.1, 0.15) is 18.4 Å². The number of ether oxygens (including phenoxy) is 1. The van der Waals surface area contributed by atoms with Gasteiger partial charge in [0.05, 0.1) is 10.7 Å². The van der Waals surface area contributed by atoms with Crippen LogP contribution >= 0.6 is 11.6 Å². The van der Waals surface area contributed by atoms with Crippen LogP contribution in [0.25, 0.3) is 0 Å². The number of hydrogen-bond acceptors (Lipinski definition) is 3. The second-order valence-electron chi connectivity index (χ2n) is 4.54. The molecule has 1 aliphatic heterocycles. The van der Waals surface area contributed by atoms with Crippen molar-refractivity contribution in [3.63, 3.8) is 0 Å². The van der Waals surface area contributed by atoms with E-state index in [2.05, 4.69) is 4.90 Å². The van der Waals surface area contributed by atoms with Crippen molar-refractivity contribution in [2.24, 2.45) is 0 Å². The summed E-state index contributed by atoms with van der Waals surface area (Å²) in [6.45, 7) is 6.08. The molecule has 1 aromatic carbocycles. The molecule has 1 saturated heterocycles. The number of nitrogens with zero attached hydrogens (tertiary/aromatic N) is 1. The second kappa shape index (κ2) is 5.61. The molecule has 4 heteroatoms. The van der Waals surface area contributed by atoms with E-state index >= 15 is 0 Å². The van der Waals surface area contributed by atoms with Gasteiger partial charge in [-0.2, -0.15) is 0 Å². The summed E-state index contributed by atoms with van der Waals surface area (Å²) in [5, 5.41) is 0.562. The average Bonchev–Trinajstić information content (AvgIpc) is 2.78. The topological polar surface area (TPSA) is 38.5 Å². The zero-order valence-corrected chi connectivity index (χ0v) is 11.0. The van der Waals surface area contributed by atoms with Crippen LogP contribution in [0, 0.1) is 6.92 Å². The quantitative estimate of drug-likeness (QED) is 0.840. The smallest absolute Gasteiger partial charge is 0.123 e. The standard InChI is InChI=1S/C13H19ClN2O/c1-10-8-12(15)11(14)9-13(10)17-7-6-16-4-2-3-5-16/h8-9H,2-7,15H2,1H3. The highest BCUT2D eigenvalue weighted by atomic mass is 35.5. The molecule has 0 atom stereocenters. The summed E-state index contributed by atoms with van der Waals surface area (Å²) in [4.78, 5) is 2.42. The molecule has 0 bridgehead atoms. The molecule has 17 heavy (non-hydrogen) atoms. The third kappa shape index (κ3) is 3.27. The van der Waals surface area contributed by atoms with Crippen molar-refractivity contribution in [1.82, 2.24) is 4.90 Å². The number of rotatable bonds is 4. The molecule has 1 fully saturated rings. The number of likely N-dealkylation sites (tertiary alicyclic amines) is 1. The Hall–Kier alpha value is -0.930. The first kappa shape index (κ1) is 12.5. The van der Waals surface area contributed by atoms with E-state index in [1.807, 2.05) is 13.0 Å². The Kier molecular flexibility index (Phi) is 4.13. The summed E-state index contributed by atoms with van der Waals surface area (Å²) in [5.74, 6) is 0.836. The van der Waals surface area contributed by atoms with Crippen molar-refractivity contribution in [1.29, 1.82) is 0 Å². The lowest BCUT2D eigenvalue weighted by molar-refractivity contribution is 0.237. The fraction of sp³-hybridized carbons (Fsp3) is 0.538. The van der Waals surface area contributed by atoms with Crippen LogP contribution in [0.3, 0.4) is 0 Å². The minimum Gasteiger partial charge on any atom is -0.492 e. The highest BCUT2D eigenvalue weighted by Crippen LogP contribution is 2.28.